The van der Waals surface area contributed by atoms with Crippen LogP contribution in [-0.2, 0) is 28.6 Å². The summed E-state index contributed by atoms with van der Waals surface area (Å²) in [6.45, 7) is 6.15. The quantitative estimate of drug-likeness (QED) is 0.0206. The van der Waals surface area contributed by atoms with Gasteiger partial charge >= 0.3 is 17.9 Å². The molecule has 0 amide bonds. The van der Waals surface area contributed by atoms with Crippen molar-refractivity contribution in [2.45, 2.75) is 175 Å². The Hall–Kier alpha value is -3.93. The monoisotopic (exact) mass is 775 g/mol. The molecule has 0 aromatic rings. The van der Waals surface area contributed by atoms with Gasteiger partial charge in [0.25, 0.3) is 0 Å². The highest BCUT2D eigenvalue weighted by molar-refractivity contribution is 5.71. The maximum absolute atomic E-state index is 12.7. The lowest BCUT2D eigenvalue weighted by atomic mass is 10.1. The van der Waals surface area contributed by atoms with Gasteiger partial charge in [0.15, 0.2) is 6.10 Å². The van der Waals surface area contributed by atoms with E-state index in [1.54, 1.807) is 0 Å². The molecule has 0 spiro atoms. The summed E-state index contributed by atoms with van der Waals surface area (Å²) in [5, 5.41) is 0. The predicted molar refractivity (Wildman–Crippen MR) is 237 cm³/mol. The Morgan fingerprint density at radius 1 is 0.375 bits per heavy atom. The number of hydrogen-bond acceptors (Lipinski definition) is 6. The first-order valence-corrected chi connectivity index (χ1v) is 22.0. The number of allylic oxidation sites excluding steroid dienone is 18. The molecule has 0 saturated carbocycles. The van der Waals surface area contributed by atoms with Crippen LogP contribution >= 0.6 is 0 Å². The van der Waals surface area contributed by atoms with E-state index in [1.807, 2.05) is 48.6 Å². The summed E-state index contributed by atoms with van der Waals surface area (Å²) in [4.78, 5) is 37.7. The Bertz CT molecular complexity index is 1210. The van der Waals surface area contributed by atoms with Crippen LogP contribution in [0, 0.1) is 0 Å². The molecule has 6 nitrogen and oxygen atoms in total. The molecule has 0 aromatic carbocycles. The second-order valence-corrected chi connectivity index (χ2v) is 13.9. The van der Waals surface area contributed by atoms with Crippen LogP contribution in [0.5, 0.6) is 0 Å². The summed E-state index contributed by atoms with van der Waals surface area (Å²) in [6, 6.07) is 0. The minimum Gasteiger partial charge on any atom is -0.462 e. The van der Waals surface area contributed by atoms with Gasteiger partial charge in [-0.1, -0.05) is 169 Å². The molecule has 0 radical (unpaired) electrons. The maximum Gasteiger partial charge on any atom is 0.306 e. The van der Waals surface area contributed by atoms with Crippen molar-refractivity contribution < 1.29 is 28.6 Å². The molecule has 0 fully saturated rings. The molecule has 1 unspecified atom stereocenters. The van der Waals surface area contributed by atoms with E-state index in [0.29, 0.717) is 19.3 Å². The first-order valence-electron chi connectivity index (χ1n) is 22.0. The molecule has 0 N–H and O–H groups in total. The van der Waals surface area contributed by atoms with Crippen LogP contribution in [-0.4, -0.2) is 37.2 Å². The average molecular weight is 775 g/mol. The highest BCUT2D eigenvalue weighted by Crippen LogP contribution is 2.12. The summed E-state index contributed by atoms with van der Waals surface area (Å²) >= 11 is 0. The van der Waals surface area contributed by atoms with Crippen LogP contribution < -0.4 is 0 Å². The van der Waals surface area contributed by atoms with E-state index in [0.717, 1.165) is 103 Å². The van der Waals surface area contributed by atoms with Gasteiger partial charge in [0, 0.05) is 19.3 Å². The average Bonchev–Trinajstić information content (AvgIpc) is 3.19. The number of rotatable bonds is 37. The first-order chi connectivity index (χ1) is 27.5. The number of hydrogen-bond donors (Lipinski definition) is 0. The van der Waals surface area contributed by atoms with E-state index < -0.39 is 6.10 Å². The first kappa shape index (κ1) is 52.1. The Kier molecular flexibility index (Phi) is 40.7. The summed E-state index contributed by atoms with van der Waals surface area (Å²) in [6.07, 6.45) is 57.9. The minimum absolute atomic E-state index is 0.115. The molecule has 0 bridgehead atoms. The Morgan fingerprint density at radius 2 is 0.732 bits per heavy atom. The topological polar surface area (TPSA) is 78.9 Å². The maximum atomic E-state index is 12.7. The molecule has 6 heteroatoms. The summed E-state index contributed by atoms with van der Waals surface area (Å²) < 4.78 is 16.6. The molecule has 0 heterocycles. The third-order valence-electron chi connectivity index (χ3n) is 8.63. The third kappa shape index (κ3) is 41.2. The minimum atomic E-state index is -0.812. The predicted octanol–water partition coefficient (Wildman–Crippen LogP) is 14.0. The van der Waals surface area contributed by atoms with Crippen molar-refractivity contribution in [3.05, 3.63) is 109 Å². The van der Waals surface area contributed by atoms with Crippen molar-refractivity contribution in [2.75, 3.05) is 13.2 Å². The van der Waals surface area contributed by atoms with Crippen LogP contribution in [0.3, 0.4) is 0 Å². The number of esters is 3. The fourth-order valence-electron chi connectivity index (χ4n) is 5.42. The van der Waals surface area contributed by atoms with Gasteiger partial charge in [0.2, 0.25) is 0 Å². The molecule has 56 heavy (non-hydrogen) atoms. The van der Waals surface area contributed by atoms with Crippen molar-refractivity contribution in [2.24, 2.45) is 0 Å². The second kappa shape index (κ2) is 43.8. The van der Waals surface area contributed by atoms with Crippen molar-refractivity contribution in [1.29, 1.82) is 0 Å². The Labute approximate surface area is 342 Å². The van der Waals surface area contributed by atoms with Crippen LogP contribution in [0.2, 0.25) is 0 Å². The highest BCUT2D eigenvalue weighted by Gasteiger charge is 2.19. The number of unbranched alkanes of at least 4 members (excludes halogenated alkanes) is 12. The summed E-state index contributed by atoms with van der Waals surface area (Å²) in [5.41, 5.74) is 0. The van der Waals surface area contributed by atoms with Gasteiger partial charge in [-0.15, -0.1) is 0 Å². The Balaban J connectivity index is 4.51. The fourth-order valence-corrected chi connectivity index (χ4v) is 5.42. The van der Waals surface area contributed by atoms with Crippen LogP contribution in [0.15, 0.2) is 109 Å². The smallest absolute Gasteiger partial charge is 0.306 e. The van der Waals surface area contributed by atoms with Crippen molar-refractivity contribution >= 4 is 17.9 Å². The van der Waals surface area contributed by atoms with Gasteiger partial charge in [-0.25, -0.2) is 0 Å². The zero-order valence-corrected chi connectivity index (χ0v) is 35.6. The largest absolute Gasteiger partial charge is 0.462 e. The van der Waals surface area contributed by atoms with E-state index in [4.69, 9.17) is 14.2 Å². The van der Waals surface area contributed by atoms with Gasteiger partial charge in [-0.2, -0.15) is 0 Å². The molecule has 0 rings (SSSR count). The van der Waals surface area contributed by atoms with Crippen molar-refractivity contribution in [3.8, 4) is 0 Å². The van der Waals surface area contributed by atoms with Crippen LogP contribution in [0.4, 0.5) is 0 Å². The lowest BCUT2D eigenvalue weighted by Crippen LogP contribution is -2.30. The number of carbonyl (C=O) groups is 3. The van der Waals surface area contributed by atoms with Gasteiger partial charge in [0.05, 0.1) is 0 Å². The molecule has 0 aromatic heterocycles. The Morgan fingerprint density at radius 3 is 1.25 bits per heavy atom. The van der Waals surface area contributed by atoms with E-state index in [2.05, 4.69) is 81.5 Å². The molecule has 0 aliphatic heterocycles. The van der Waals surface area contributed by atoms with E-state index in [1.165, 1.54) is 25.7 Å². The van der Waals surface area contributed by atoms with Gasteiger partial charge in [0.1, 0.15) is 13.2 Å². The highest BCUT2D eigenvalue weighted by atomic mass is 16.6. The lowest BCUT2D eigenvalue weighted by molar-refractivity contribution is -0.167. The molecule has 0 saturated heterocycles. The third-order valence-corrected chi connectivity index (χ3v) is 8.63. The number of ether oxygens (including phenoxy) is 3. The van der Waals surface area contributed by atoms with Gasteiger partial charge in [-0.3, -0.25) is 14.4 Å². The van der Waals surface area contributed by atoms with Gasteiger partial charge in [-0.05, 0) is 89.9 Å². The second-order valence-electron chi connectivity index (χ2n) is 13.9. The zero-order valence-electron chi connectivity index (χ0n) is 35.6. The summed E-state index contributed by atoms with van der Waals surface area (Å²) in [7, 11) is 0. The van der Waals surface area contributed by atoms with Crippen molar-refractivity contribution in [3.63, 3.8) is 0 Å². The standard InChI is InChI=1S/C50H78O6/c1-4-7-10-13-16-19-21-23-25-27-28-31-34-37-40-43-49(52)55-46-47(45-54-48(51)42-39-36-33-30-18-15-12-9-6-3)56-50(53)44-41-38-35-32-29-26-24-22-20-17-14-11-8-5-2/h7-13,16-21,23,25,27-28,30,47H,4-6,14-15,22,24,26,29,31-46H2,1-3H3/b10-7-,11-8-,12-9-,16-13-,20-17-,21-19-,25-23-,28-27-,30-18-. The molecule has 0 aliphatic rings. The van der Waals surface area contributed by atoms with E-state index in [9.17, 15) is 14.4 Å². The summed E-state index contributed by atoms with van der Waals surface area (Å²) in [5.74, 6) is -1.01. The number of carbonyl (C=O) groups excluding carboxylic acids is 3. The molecule has 1 atom stereocenters. The van der Waals surface area contributed by atoms with Gasteiger partial charge < -0.3 is 14.2 Å². The van der Waals surface area contributed by atoms with Crippen LogP contribution in [0.25, 0.3) is 0 Å². The fraction of sp³-hybridized carbons (Fsp3) is 0.580. The zero-order chi connectivity index (χ0) is 40.8. The van der Waals surface area contributed by atoms with E-state index >= 15 is 0 Å². The molecule has 0 aliphatic carbocycles. The lowest BCUT2D eigenvalue weighted by Gasteiger charge is -2.18. The SMILES string of the molecule is CC\C=C/C=C\C=C/C=C\C=C/CCCCCC(=O)OCC(COC(=O)CCCC/C=C\C/C=C\CC)OC(=O)CCCCCCCCC/C=C\C/C=C\CC. The molecular formula is C50H78O6. The normalized spacial score (nSPS) is 13.1. The molecule has 314 valence electrons. The van der Waals surface area contributed by atoms with Crippen LogP contribution in [0.1, 0.15) is 168 Å². The molecular weight excluding hydrogens is 697 g/mol. The van der Waals surface area contributed by atoms with Crippen molar-refractivity contribution in [1.82, 2.24) is 0 Å². The van der Waals surface area contributed by atoms with E-state index in [-0.39, 0.29) is 31.1 Å².